The van der Waals surface area contributed by atoms with Gasteiger partial charge in [0.25, 0.3) is 0 Å². The van der Waals surface area contributed by atoms with Crippen molar-refractivity contribution in [3.05, 3.63) is 34.8 Å². The van der Waals surface area contributed by atoms with E-state index in [1.54, 1.807) is 18.2 Å². The molecule has 1 N–H and O–H groups in total. The van der Waals surface area contributed by atoms with Crippen LogP contribution in [-0.2, 0) is 0 Å². The van der Waals surface area contributed by atoms with Crippen molar-refractivity contribution >= 4 is 22.0 Å². The Kier molecular flexibility index (Phi) is 2.12. The minimum Gasteiger partial charge on any atom is -0.507 e. The Bertz CT molecular complexity index is 255. The average Bonchev–Trinajstić information content (AvgIpc) is 1.95. The van der Waals surface area contributed by atoms with Gasteiger partial charge in [-0.05, 0) is 33.6 Å². The number of hydrogen-bond donors (Lipinski definition) is 1. The van der Waals surface area contributed by atoms with Crippen LogP contribution in [0, 0.1) is 0 Å². The first-order valence-corrected chi connectivity index (χ1v) is 3.64. The van der Waals surface area contributed by atoms with Gasteiger partial charge in [0.1, 0.15) is 5.75 Å². The highest BCUT2D eigenvalue weighted by Gasteiger charge is 1.94. The van der Waals surface area contributed by atoms with Gasteiger partial charge < -0.3 is 5.11 Å². The van der Waals surface area contributed by atoms with Crippen molar-refractivity contribution in [1.82, 2.24) is 0 Å². The van der Waals surface area contributed by atoms with Gasteiger partial charge in [-0.3, -0.25) is 0 Å². The topological polar surface area (TPSA) is 20.2 Å². The molecule has 1 aromatic carbocycles. The predicted octanol–water partition coefficient (Wildman–Crippen LogP) is 2.80. The van der Waals surface area contributed by atoms with Crippen molar-refractivity contribution in [2.75, 3.05) is 0 Å². The summed E-state index contributed by atoms with van der Waals surface area (Å²) in [5, 5.41) is 9.06. The maximum atomic E-state index is 9.06. The second-order valence-electron chi connectivity index (χ2n) is 1.91. The largest absolute Gasteiger partial charge is 0.507 e. The first-order valence-electron chi connectivity index (χ1n) is 2.85. The van der Waals surface area contributed by atoms with Crippen LogP contribution < -0.4 is 0 Å². The summed E-state index contributed by atoms with van der Waals surface area (Å²) in [5.41, 5.74) is 0.990. The maximum Gasteiger partial charge on any atom is 0.129 e. The molecule has 2 heteroatoms. The van der Waals surface area contributed by atoms with Gasteiger partial charge >= 0.3 is 0 Å². The summed E-state index contributed by atoms with van der Waals surface area (Å²) in [7, 11) is 0. The summed E-state index contributed by atoms with van der Waals surface area (Å²) in [5.74, 6) is 0.255. The van der Waals surface area contributed by atoms with Crippen LogP contribution in [0.5, 0.6) is 5.75 Å². The number of phenols is 1. The molecule has 0 aliphatic carbocycles. The molecule has 1 aromatic rings. The highest BCUT2D eigenvalue weighted by Crippen LogP contribution is 2.24. The van der Waals surface area contributed by atoms with Crippen LogP contribution in [0.25, 0.3) is 6.08 Å². The molecule has 0 aliphatic rings. The van der Waals surface area contributed by atoms with Gasteiger partial charge in [0.05, 0.1) is 4.47 Å². The molecule has 0 radical (unpaired) electrons. The molecule has 0 heterocycles. The molecule has 0 unspecified atom stereocenters. The molecule has 52 valence electrons. The van der Waals surface area contributed by atoms with Crippen molar-refractivity contribution < 1.29 is 5.11 Å². The van der Waals surface area contributed by atoms with Crippen molar-refractivity contribution in [2.45, 2.75) is 0 Å². The molecule has 1 rings (SSSR count). The Morgan fingerprint density at radius 3 is 2.70 bits per heavy atom. The van der Waals surface area contributed by atoms with Crippen molar-refractivity contribution in [2.24, 2.45) is 0 Å². The minimum atomic E-state index is 0.255. The molecule has 0 fully saturated rings. The molecule has 0 aromatic heterocycles. The number of halogens is 1. The molecular weight excluding hydrogens is 192 g/mol. The third-order valence-corrected chi connectivity index (χ3v) is 1.84. The van der Waals surface area contributed by atoms with Crippen LogP contribution in [0.15, 0.2) is 29.3 Å². The van der Waals surface area contributed by atoms with E-state index < -0.39 is 0 Å². The second-order valence-corrected chi connectivity index (χ2v) is 2.77. The van der Waals surface area contributed by atoms with Gasteiger partial charge in [-0.1, -0.05) is 18.7 Å². The fourth-order valence-electron chi connectivity index (χ4n) is 0.650. The van der Waals surface area contributed by atoms with Gasteiger partial charge in [0.2, 0.25) is 0 Å². The summed E-state index contributed by atoms with van der Waals surface area (Å²) >= 11 is 3.19. The van der Waals surface area contributed by atoms with Crippen LogP contribution in [0.2, 0.25) is 0 Å². The van der Waals surface area contributed by atoms with Crippen LogP contribution in [0.3, 0.4) is 0 Å². The smallest absolute Gasteiger partial charge is 0.129 e. The summed E-state index contributed by atoms with van der Waals surface area (Å²) in [6.07, 6.45) is 1.73. The van der Waals surface area contributed by atoms with E-state index in [2.05, 4.69) is 22.5 Å². The number of rotatable bonds is 1. The molecule has 0 saturated carbocycles. The van der Waals surface area contributed by atoms with Crippen LogP contribution >= 0.6 is 15.9 Å². The minimum absolute atomic E-state index is 0.255. The Balaban J connectivity index is 3.16. The molecule has 0 atom stereocenters. The lowest BCUT2D eigenvalue weighted by Crippen LogP contribution is -1.71. The maximum absolute atomic E-state index is 9.06. The SMILES string of the molecule is C=Cc1ccc(O)c(Br)c1. The zero-order valence-corrected chi connectivity index (χ0v) is 6.93. The number of phenolic OH excluding ortho intramolecular Hbond substituents is 1. The lowest BCUT2D eigenvalue weighted by atomic mass is 10.2. The Morgan fingerprint density at radius 2 is 2.20 bits per heavy atom. The van der Waals surface area contributed by atoms with E-state index in [0.29, 0.717) is 4.47 Å². The Labute approximate surface area is 68.1 Å². The van der Waals surface area contributed by atoms with Crippen LogP contribution in [0.1, 0.15) is 5.56 Å². The van der Waals surface area contributed by atoms with Crippen LogP contribution in [-0.4, -0.2) is 5.11 Å². The van der Waals surface area contributed by atoms with Gasteiger partial charge in [-0.15, -0.1) is 0 Å². The third kappa shape index (κ3) is 1.39. The van der Waals surface area contributed by atoms with Gasteiger partial charge in [0, 0.05) is 0 Å². The summed E-state index contributed by atoms with van der Waals surface area (Å²) < 4.78 is 0.699. The third-order valence-electron chi connectivity index (χ3n) is 1.21. The average molecular weight is 199 g/mol. The molecule has 0 saturated heterocycles. The zero-order valence-electron chi connectivity index (χ0n) is 5.34. The van der Waals surface area contributed by atoms with E-state index in [1.165, 1.54) is 0 Å². The number of benzene rings is 1. The van der Waals surface area contributed by atoms with Gasteiger partial charge in [0.15, 0.2) is 0 Å². The summed E-state index contributed by atoms with van der Waals surface area (Å²) in [6, 6.07) is 5.23. The predicted molar refractivity (Wildman–Crippen MR) is 45.9 cm³/mol. The molecule has 0 amide bonds. The Hall–Kier alpha value is -0.760. The highest BCUT2D eigenvalue weighted by molar-refractivity contribution is 9.10. The van der Waals surface area contributed by atoms with Crippen molar-refractivity contribution in [3.8, 4) is 5.75 Å². The zero-order chi connectivity index (χ0) is 7.56. The highest BCUT2D eigenvalue weighted by atomic mass is 79.9. The molecular formula is C8H7BrO. The molecule has 0 spiro atoms. The van der Waals surface area contributed by atoms with E-state index in [4.69, 9.17) is 5.11 Å². The first kappa shape index (κ1) is 7.35. The fraction of sp³-hybridized carbons (Fsp3) is 0. The second kappa shape index (κ2) is 2.88. The monoisotopic (exact) mass is 198 g/mol. The molecule has 1 nitrogen and oxygen atoms in total. The molecule has 0 aliphatic heterocycles. The summed E-state index contributed by atoms with van der Waals surface area (Å²) in [6.45, 7) is 3.60. The fourth-order valence-corrected chi connectivity index (χ4v) is 1.05. The lowest BCUT2D eigenvalue weighted by Gasteiger charge is -1.96. The summed E-state index contributed by atoms with van der Waals surface area (Å²) in [4.78, 5) is 0. The molecule has 0 bridgehead atoms. The van der Waals surface area contributed by atoms with Gasteiger partial charge in [-0.2, -0.15) is 0 Å². The lowest BCUT2D eigenvalue weighted by molar-refractivity contribution is 0.472. The van der Waals surface area contributed by atoms with E-state index in [1.807, 2.05) is 6.07 Å². The standard InChI is InChI=1S/C8H7BrO/c1-2-6-3-4-8(10)7(9)5-6/h2-5,10H,1H2. The Morgan fingerprint density at radius 1 is 1.50 bits per heavy atom. The molecule has 10 heavy (non-hydrogen) atoms. The van der Waals surface area contributed by atoms with Crippen LogP contribution in [0.4, 0.5) is 0 Å². The first-order chi connectivity index (χ1) is 4.74. The normalized spacial score (nSPS) is 9.30. The van der Waals surface area contributed by atoms with E-state index in [0.717, 1.165) is 5.56 Å². The van der Waals surface area contributed by atoms with E-state index in [-0.39, 0.29) is 5.75 Å². The van der Waals surface area contributed by atoms with E-state index in [9.17, 15) is 0 Å². The quantitative estimate of drug-likeness (QED) is 0.737. The number of hydrogen-bond acceptors (Lipinski definition) is 1. The van der Waals surface area contributed by atoms with Crippen molar-refractivity contribution in [3.63, 3.8) is 0 Å². The number of aromatic hydroxyl groups is 1. The van der Waals surface area contributed by atoms with Crippen molar-refractivity contribution in [1.29, 1.82) is 0 Å². The van der Waals surface area contributed by atoms with Gasteiger partial charge in [-0.25, -0.2) is 0 Å². The van der Waals surface area contributed by atoms with E-state index >= 15 is 0 Å².